The number of hydrogen-bond acceptors (Lipinski definition) is 4. The molecule has 1 atom stereocenters. The largest absolute Gasteiger partial charge is 0.497 e. The number of carbonyl (C=O) groups is 1. The number of ether oxygens (including phenoxy) is 1. The highest BCUT2D eigenvalue weighted by atomic mass is 19.1. The molecule has 5 nitrogen and oxygen atoms in total. The summed E-state index contributed by atoms with van der Waals surface area (Å²) in [5, 5.41) is 0. The van der Waals surface area contributed by atoms with Gasteiger partial charge in [0.1, 0.15) is 11.4 Å². The van der Waals surface area contributed by atoms with E-state index in [0.717, 1.165) is 24.8 Å². The van der Waals surface area contributed by atoms with Gasteiger partial charge in [-0.1, -0.05) is 12.1 Å². The van der Waals surface area contributed by atoms with Crippen molar-refractivity contribution in [2.75, 3.05) is 6.54 Å². The van der Waals surface area contributed by atoms with Gasteiger partial charge in [-0.15, -0.1) is 0 Å². The average molecular weight is 405 g/mol. The van der Waals surface area contributed by atoms with Crippen LogP contribution in [0.3, 0.4) is 0 Å². The van der Waals surface area contributed by atoms with Gasteiger partial charge in [0, 0.05) is 12.0 Å². The third-order valence-electron chi connectivity index (χ3n) is 6.05. The molecule has 2 aliphatic heterocycles. The molecule has 3 rings (SSSR count). The quantitative estimate of drug-likeness (QED) is 0.676. The van der Waals surface area contributed by atoms with Crippen LogP contribution >= 0.6 is 0 Å². The van der Waals surface area contributed by atoms with E-state index >= 15 is 4.39 Å². The van der Waals surface area contributed by atoms with Crippen molar-refractivity contribution in [2.24, 2.45) is 0 Å². The first-order valence-electron chi connectivity index (χ1n) is 10.5. The van der Waals surface area contributed by atoms with E-state index in [9.17, 15) is 4.79 Å². The Bertz CT molecular complexity index is 759. The maximum absolute atomic E-state index is 15.1. The molecule has 1 aromatic carbocycles. The number of rotatable bonds is 2. The second-order valence-corrected chi connectivity index (χ2v) is 10.1. The van der Waals surface area contributed by atoms with Crippen LogP contribution in [0.2, 0.25) is 0 Å². The van der Waals surface area contributed by atoms with Crippen LogP contribution in [0.1, 0.15) is 79.3 Å². The van der Waals surface area contributed by atoms with Gasteiger partial charge in [0.05, 0.1) is 17.2 Å². The van der Waals surface area contributed by atoms with E-state index < -0.39 is 23.9 Å². The van der Waals surface area contributed by atoms with Crippen LogP contribution in [-0.4, -0.2) is 41.5 Å². The Morgan fingerprint density at radius 1 is 1.17 bits per heavy atom. The van der Waals surface area contributed by atoms with E-state index in [1.807, 2.05) is 54.5 Å². The van der Waals surface area contributed by atoms with Crippen LogP contribution in [0.4, 0.5) is 9.18 Å². The Hall–Kier alpha value is -1.60. The molecule has 0 spiro atoms. The van der Waals surface area contributed by atoms with Gasteiger partial charge in [-0.05, 0) is 79.4 Å². The monoisotopic (exact) mass is 405 g/mol. The van der Waals surface area contributed by atoms with Gasteiger partial charge >= 0.3 is 13.2 Å². The van der Waals surface area contributed by atoms with Crippen LogP contribution in [0.15, 0.2) is 18.2 Å². The summed E-state index contributed by atoms with van der Waals surface area (Å²) in [5.41, 5.74) is -0.468. The summed E-state index contributed by atoms with van der Waals surface area (Å²) in [4.78, 5) is 14.4. The van der Waals surface area contributed by atoms with E-state index in [-0.39, 0.29) is 18.0 Å². The van der Waals surface area contributed by atoms with Crippen LogP contribution in [0, 0.1) is 5.82 Å². The molecule has 160 valence electrons. The minimum atomic E-state index is -0.748. The predicted molar refractivity (Wildman–Crippen MR) is 112 cm³/mol. The number of likely N-dealkylation sites (tertiary alicyclic amines) is 1. The number of amides is 1. The van der Waals surface area contributed by atoms with E-state index in [2.05, 4.69) is 0 Å². The normalized spacial score (nSPS) is 23.9. The second-order valence-electron chi connectivity index (χ2n) is 10.1. The maximum Gasteiger partial charge on any atom is 0.497 e. The first kappa shape index (κ1) is 22.1. The van der Waals surface area contributed by atoms with Crippen molar-refractivity contribution >= 4 is 18.7 Å². The lowest BCUT2D eigenvalue weighted by molar-refractivity contribution is 0.00578. The Morgan fingerprint density at radius 3 is 2.34 bits per heavy atom. The molecule has 1 unspecified atom stereocenters. The van der Waals surface area contributed by atoms with Crippen LogP contribution in [0.25, 0.3) is 0 Å². The smallest absolute Gasteiger partial charge is 0.444 e. The molecule has 29 heavy (non-hydrogen) atoms. The van der Waals surface area contributed by atoms with Crippen molar-refractivity contribution in [1.29, 1.82) is 0 Å². The summed E-state index contributed by atoms with van der Waals surface area (Å²) in [7, 11) is -0.748. The molecule has 2 heterocycles. The van der Waals surface area contributed by atoms with Crippen LogP contribution in [0.5, 0.6) is 0 Å². The molecule has 7 heteroatoms. The first-order chi connectivity index (χ1) is 13.3. The standard InChI is InChI=1S/C22H33BFNO4/c1-20(2,3)27-19(26)25-13-9-8-10-18(25)15-11-12-16(17(24)14-15)23-28-21(4,5)22(6,7)29-23/h11-12,14,18H,8-10,13H2,1-7H3. The minimum Gasteiger partial charge on any atom is -0.444 e. The SMILES string of the molecule is CC(C)(C)OC(=O)N1CCCCC1c1ccc(B2OC(C)(C)C(C)(C)O2)c(F)c1. The Morgan fingerprint density at radius 2 is 1.79 bits per heavy atom. The zero-order valence-electron chi connectivity index (χ0n) is 18.7. The van der Waals surface area contributed by atoms with Gasteiger partial charge < -0.3 is 18.9 Å². The fourth-order valence-electron chi connectivity index (χ4n) is 3.73. The van der Waals surface area contributed by atoms with Gasteiger partial charge in [-0.2, -0.15) is 0 Å². The maximum atomic E-state index is 15.1. The fraction of sp³-hybridized carbons (Fsp3) is 0.682. The van der Waals surface area contributed by atoms with E-state index in [1.165, 1.54) is 6.07 Å². The molecule has 1 amide bonds. The number of halogens is 1. The van der Waals surface area contributed by atoms with Crippen molar-refractivity contribution in [2.45, 2.75) is 90.6 Å². The molecule has 2 fully saturated rings. The number of piperidine rings is 1. The zero-order chi connectivity index (χ0) is 21.6. The van der Waals surface area contributed by atoms with E-state index in [1.54, 1.807) is 11.0 Å². The van der Waals surface area contributed by atoms with Crippen LogP contribution in [-0.2, 0) is 14.0 Å². The van der Waals surface area contributed by atoms with Gasteiger partial charge in [-0.3, -0.25) is 0 Å². The summed E-state index contributed by atoms with van der Waals surface area (Å²) < 4.78 is 32.6. The number of benzene rings is 1. The average Bonchev–Trinajstić information content (AvgIpc) is 2.80. The van der Waals surface area contributed by atoms with Crippen molar-refractivity contribution in [3.05, 3.63) is 29.6 Å². The van der Waals surface area contributed by atoms with Crippen molar-refractivity contribution in [1.82, 2.24) is 4.90 Å². The summed E-state index contributed by atoms with van der Waals surface area (Å²) in [6.07, 6.45) is 2.35. The first-order valence-corrected chi connectivity index (χ1v) is 10.5. The second kappa shape index (κ2) is 7.58. The Kier molecular flexibility index (Phi) is 5.78. The molecule has 0 saturated carbocycles. The molecule has 0 radical (unpaired) electrons. The molecule has 1 aromatic rings. The van der Waals surface area contributed by atoms with E-state index in [4.69, 9.17) is 14.0 Å². The summed E-state index contributed by atoms with van der Waals surface area (Å²) >= 11 is 0. The van der Waals surface area contributed by atoms with Gasteiger partial charge in [0.2, 0.25) is 0 Å². The third-order valence-corrected chi connectivity index (χ3v) is 6.05. The number of carbonyl (C=O) groups excluding carboxylic acids is 1. The Labute approximate surface area is 174 Å². The Balaban J connectivity index is 1.82. The van der Waals surface area contributed by atoms with E-state index in [0.29, 0.717) is 12.0 Å². The van der Waals surface area contributed by atoms with Gasteiger partial charge in [0.15, 0.2) is 0 Å². The molecule has 0 bridgehead atoms. The summed E-state index contributed by atoms with van der Waals surface area (Å²) in [6.45, 7) is 13.9. The molecular formula is C22H33BFNO4. The molecule has 0 aromatic heterocycles. The lowest BCUT2D eigenvalue weighted by atomic mass is 9.77. The highest BCUT2D eigenvalue weighted by Crippen LogP contribution is 2.37. The number of nitrogens with zero attached hydrogens (tertiary/aromatic N) is 1. The highest BCUT2D eigenvalue weighted by Gasteiger charge is 2.52. The fourth-order valence-corrected chi connectivity index (χ4v) is 3.73. The summed E-state index contributed by atoms with van der Waals surface area (Å²) in [6, 6.07) is 4.90. The molecule has 2 saturated heterocycles. The molecule has 0 aliphatic carbocycles. The minimum absolute atomic E-state index is 0.194. The van der Waals surface area contributed by atoms with Crippen molar-refractivity contribution in [3.8, 4) is 0 Å². The number of hydrogen-bond donors (Lipinski definition) is 0. The molecule has 0 N–H and O–H groups in total. The summed E-state index contributed by atoms with van der Waals surface area (Å²) in [5.74, 6) is -0.379. The van der Waals surface area contributed by atoms with Crippen molar-refractivity contribution in [3.63, 3.8) is 0 Å². The molecular weight excluding hydrogens is 372 g/mol. The van der Waals surface area contributed by atoms with Gasteiger partial charge in [0.25, 0.3) is 0 Å². The highest BCUT2D eigenvalue weighted by molar-refractivity contribution is 6.62. The zero-order valence-corrected chi connectivity index (χ0v) is 18.7. The molecule has 2 aliphatic rings. The van der Waals surface area contributed by atoms with Gasteiger partial charge in [-0.25, -0.2) is 9.18 Å². The van der Waals surface area contributed by atoms with Crippen molar-refractivity contribution < 1.29 is 23.2 Å². The third kappa shape index (κ3) is 4.61. The topological polar surface area (TPSA) is 48.0 Å². The lowest BCUT2D eigenvalue weighted by Crippen LogP contribution is -2.42. The predicted octanol–water partition coefficient (Wildman–Crippen LogP) is 4.59. The van der Waals surface area contributed by atoms with Crippen LogP contribution < -0.4 is 5.46 Å². The lowest BCUT2D eigenvalue weighted by Gasteiger charge is -2.37.